The maximum atomic E-state index is 12.6. The summed E-state index contributed by atoms with van der Waals surface area (Å²) in [5, 5.41) is 5.37. The van der Waals surface area contributed by atoms with Crippen LogP contribution in [-0.2, 0) is 14.6 Å². The Morgan fingerprint density at radius 2 is 2.24 bits per heavy atom. The number of ether oxygens (including phenoxy) is 1. The average Bonchev–Trinajstić information content (AvgIpc) is 3.25. The summed E-state index contributed by atoms with van der Waals surface area (Å²) < 4.78 is 35.2. The van der Waals surface area contributed by atoms with Crippen LogP contribution >= 0.6 is 11.3 Å². The van der Waals surface area contributed by atoms with Gasteiger partial charge in [-0.2, -0.15) is 0 Å². The third-order valence-electron chi connectivity index (χ3n) is 3.39. The number of sulfone groups is 1. The quantitative estimate of drug-likeness (QED) is 0.639. The van der Waals surface area contributed by atoms with Gasteiger partial charge in [0, 0.05) is 13.1 Å². The van der Waals surface area contributed by atoms with E-state index in [9.17, 15) is 18.0 Å². The molecule has 25 heavy (non-hydrogen) atoms. The zero-order valence-corrected chi connectivity index (χ0v) is 14.4. The number of nitrogens with zero attached hydrogens (tertiary/aromatic N) is 1. The topological polar surface area (TPSA) is 154 Å². The Bertz CT molecular complexity index is 884. The fraction of sp³-hybridized carbons (Fsp3) is 0.308. The number of hydrogen-bond donors (Lipinski definition) is 3. The number of morpholine rings is 1. The molecule has 1 saturated heterocycles. The summed E-state index contributed by atoms with van der Waals surface area (Å²) in [6, 6.07) is 1.14. The molecule has 2 aromatic rings. The SMILES string of the molecule is NC(=O)c1cc(S(=O)(=O)C2CNCCO2)sc1NC(=O)c1cocn1. The third kappa shape index (κ3) is 3.56. The Morgan fingerprint density at radius 1 is 1.44 bits per heavy atom. The minimum atomic E-state index is -3.85. The van der Waals surface area contributed by atoms with Crippen molar-refractivity contribution >= 4 is 38.0 Å². The standard InChI is InChI=1S/C13H14N4O6S2/c14-11(18)7-3-10(25(20,21)9-4-15-1-2-23-9)24-13(7)17-12(19)8-5-22-6-16-8/h3,5-6,9,15H,1-2,4H2,(H2,14,18)(H,17,19). The normalized spacial score (nSPS) is 18.0. The minimum absolute atomic E-state index is 0.0165. The van der Waals surface area contributed by atoms with Crippen LogP contribution < -0.4 is 16.4 Å². The number of thiophene rings is 1. The number of nitrogens with two attached hydrogens (primary N) is 1. The Hall–Kier alpha value is -2.28. The van der Waals surface area contributed by atoms with Crippen LogP contribution in [0.15, 0.2) is 27.3 Å². The molecular weight excluding hydrogens is 372 g/mol. The van der Waals surface area contributed by atoms with Gasteiger partial charge in [0.05, 0.1) is 12.2 Å². The molecule has 0 aliphatic carbocycles. The molecule has 1 aliphatic heterocycles. The second kappa shape index (κ2) is 6.92. The van der Waals surface area contributed by atoms with Gasteiger partial charge in [0.2, 0.25) is 9.84 Å². The number of rotatable bonds is 5. The smallest absolute Gasteiger partial charge is 0.278 e. The molecule has 10 nitrogen and oxygen atoms in total. The van der Waals surface area contributed by atoms with Gasteiger partial charge in [0.25, 0.3) is 11.8 Å². The van der Waals surface area contributed by atoms with Crippen molar-refractivity contribution in [1.82, 2.24) is 10.3 Å². The van der Waals surface area contributed by atoms with E-state index in [1.165, 1.54) is 0 Å². The third-order valence-corrected chi connectivity index (χ3v) is 6.85. The van der Waals surface area contributed by atoms with Crippen molar-refractivity contribution in [2.45, 2.75) is 9.65 Å². The maximum absolute atomic E-state index is 12.6. The summed E-state index contributed by atoms with van der Waals surface area (Å²) in [7, 11) is -3.85. The highest BCUT2D eigenvalue weighted by Crippen LogP contribution is 2.34. The van der Waals surface area contributed by atoms with E-state index in [4.69, 9.17) is 14.9 Å². The molecule has 3 rings (SSSR count). The van der Waals surface area contributed by atoms with E-state index in [1.54, 1.807) is 0 Å². The van der Waals surface area contributed by atoms with Crippen LogP contribution in [0.2, 0.25) is 0 Å². The number of anilines is 1. The molecule has 134 valence electrons. The van der Waals surface area contributed by atoms with Gasteiger partial charge in [-0.3, -0.25) is 9.59 Å². The molecule has 2 amide bonds. The van der Waals surface area contributed by atoms with Crippen molar-refractivity contribution in [3.63, 3.8) is 0 Å². The average molecular weight is 386 g/mol. The van der Waals surface area contributed by atoms with E-state index in [-0.39, 0.29) is 33.6 Å². The zero-order valence-electron chi connectivity index (χ0n) is 12.7. The van der Waals surface area contributed by atoms with Crippen LogP contribution in [-0.4, -0.2) is 50.3 Å². The summed E-state index contributed by atoms with van der Waals surface area (Å²) in [6.07, 6.45) is 2.19. The van der Waals surface area contributed by atoms with Crippen molar-refractivity contribution in [2.24, 2.45) is 5.73 Å². The predicted octanol–water partition coefficient (Wildman–Crippen LogP) is -0.193. The van der Waals surface area contributed by atoms with Crippen LogP contribution in [0.25, 0.3) is 0 Å². The predicted molar refractivity (Wildman–Crippen MR) is 87.1 cm³/mol. The van der Waals surface area contributed by atoms with Gasteiger partial charge in [-0.1, -0.05) is 0 Å². The Kier molecular flexibility index (Phi) is 4.85. The first-order chi connectivity index (χ1) is 11.9. The highest BCUT2D eigenvalue weighted by atomic mass is 32.2. The van der Waals surface area contributed by atoms with Crippen LogP contribution in [0.3, 0.4) is 0 Å². The fourth-order valence-corrected chi connectivity index (χ4v) is 5.13. The zero-order chi connectivity index (χ0) is 18.0. The molecule has 1 aliphatic rings. The second-order valence-electron chi connectivity index (χ2n) is 5.05. The summed E-state index contributed by atoms with van der Waals surface area (Å²) in [5.74, 6) is -1.52. The van der Waals surface area contributed by atoms with E-state index >= 15 is 0 Å². The summed E-state index contributed by atoms with van der Waals surface area (Å²) in [4.78, 5) is 27.3. The molecule has 0 spiro atoms. The maximum Gasteiger partial charge on any atom is 0.278 e. The second-order valence-corrected chi connectivity index (χ2v) is 8.42. The molecule has 1 unspecified atom stereocenters. The van der Waals surface area contributed by atoms with E-state index in [1.807, 2.05) is 0 Å². The number of carbonyl (C=O) groups excluding carboxylic acids is 2. The summed E-state index contributed by atoms with van der Waals surface area (Å²) >= 11 is 0.727. The monoisotopic (exact) mass is 386 g/mol. The van der Waals surface area contributed by atoms with Crippen molar-refractivity contribution < 1.29 is 27.2 Å². The molecule has 0 saturated carbocycles. The van der Waals surface area contributed by atoms with Crippen molar-refractivity contribution in [2.75, 3.05) is 25.0 Å². The fourth-order valence-electron chi connectivity index (χ4n) is 2.15. The largest absolute Gasteiger partial charge is 0.451 e. The highest BCUT2D eigenvalue weighted by Gasteiger charge is 2.33. The van der Waals surface area contributed by atoms with Crippen molar-refractivity contribution in [3.05, 3.63) is 30.0 Å². The van der Waals surface area contributed by atoms with Gasteiger partial charge in [-0.05, 0) is 6.07 Å². The first-order valence-corrected chi connectivity index (χ1v) is 9.45. The van der Waals surface area contributed by atoms with Gasteiger partial charge in [-0.15, -0.1) is 11.3 Å². The molecule has 1 atom stereocenters. The number of aromatic nitrogens is 1. The van der Waals surface area contributed by atoms with Gasteiger partial charge < -0.3 is 25.5 Å². The summed E-state index contributed by atoms with van der Waals surface area (Å²) in [5.41, 5.74) is 4.09. The Morgan fingerprint density at radius 3 is 2.84 bits per heavy atom. The lowest BCUT2D eigenvalue weighted by Crippen LogP contribution is -2.42. The van der Waals surface area contributed by atoms with Gasteiger partial charge in [-0.25, -0.2) is 13.4 Å². The van der Waals surface area contributed by atoms with E-state index in [0.717, 1.165) is 30.1 Å². The van der Waals surface area contributed by atoms with E-state index < -0.39 is 27.1 Å². The summed E-state index contributed by atoms with van der Waals surface area (Å²) in [6.45, 7) is 0.947. The first-order valence-electron chi connectivity index (χ1n) is 7.09. The van der Waals surface area contributed by atoms with E-state index in [2.05, 4.69) is 15.6 Å². The highest BCUT2D eigenvalue weighted by molar-refractivity contribution is 7.94. The first kappa shape index (κ1) is 17.5. The molecular formula is C13H14N4O6S2. The van der Waals surface area contributed by atoms with Crippen molar-refractivity contribution in [1.29, 1.82) is 0 Å². The lowest BCUT2D eigenvalue weighted by molar-refractivity contribution is 0.0786. The number of primary amides is 1. The molecule has 3 heterocycles. The lowest BCUT2D eigenvalue weighted by atomic mass is 10.3. The molecule has 1 fully saturated rings. The van der Waals surface area contributed by atoms with E-state index in [0.29, 0.717) is 6.54 Å². The van der Waals surface area contributed by atoms with Crippen LogP contribution in [0, 0.1) is 0 Å². The van der Waals surface area contributed by atoms with Gasteiger partial charge in [0.15, 0.2) is 17.5 Å². The lowest BCUT2D eigenvalue weighted by Gasteiger charge is -2.22. The van der Waals surface area contributed by atoms with Crippen molar-refractivity contribution in [3.8, 4) is 0 Å². The van der Waals surface area contributed by atoms with Crippen LogP contribution in [0.4, 0.5) is 5.00 Å². The Labute approximate surface area is 146 Å². The number of carbonyl (C=O) groups is 2. The molecule has 0 aromatic carbocycles. The molecule has 0 bridgehead atoms. The van der Waals surface area contributed by atoms with Gasteiger partial charge >= 0.3 is 0 Å². The molecule has 2 aromatic heterocycles. The molecule has 12 heteroatoms. The van der Waals surface area contributed by atoms with Crippen LogP contribution in [0.5, 0.6) is 0 Å². The van der Waals surface area contributed by atoms with Gasteiger partial charge in [0.1, 0.15) is 15.5 Å². The number of oxazole rings is 1. The number of amides is 2. The molecule has 4 N–H and O–H groups in total. The van der Waals surface area contributed by atoms with Crippen LogP contribution in [0.1, 0.15) is 20.8 Å². The molecule has 0 radical (unpaired) electrons. The number of nitrogens with one attached hydrogen (secondary N) is 2. The minimum Gasteiger partial charge on any atom is -0.451 e. The Balaban J connectivity index is 1.91. The number of hydrogen-bond acceptors (Lipinski definition) is 9.